The first-order valence-corrected chi connectivity index (χ1v) is 10.6. The van der Waals surface area contributed by atoms with E-state index in [1.807, 2.05) is 67.3 Å². The maximum atomic E-state index is 12.8. The molecule has 2 amide bonds. The Morgan fingerprint density at radius 3 is 2.30 bits per heavy atom. The Morgan fingerprint density at radius 2 is 1.67 bits per heavy atom. The van der Waals surface area contributed by atoms with Gasteiger partial charge in [0.15, 0.2) is 0 Å². The average molecular weight is 410 g/mol. The van der Waals surface area contributed by atoms with Crippen molar-refractivity contribution >= 4 is 17.5 Å². The second-order valence-electron chi connectivity index (χ2n) is 7.82. The van der Waals surface area contributed by atoms with E-state index in [4.69, 9.17) is 4.74 Å². The van der Waals surface area contributed by atoms with Crippen LogP contribution in [0.1, 0.15) is 36.7 Å². The van der Waals surface area contributed by atoms with Crippen molar-refractivity contribution in [3.63, 3.8) is 0 Å². The van der Waals surface area contributed by atoms with E-state index in [1.165, 1.54) is 0 Å². The van der Waals surface area contributed by atoms with Gasteiger partial charge in [-0.1, -0.05) is 25.1 Å². The van der Waals surface area contributed by atoms with E-state index in [9.17, 15) is 9.59 Å². The van der Waals surface area contributed by atoms with Crippen molar-refractivity contribution < 1.29 is 14.3 Å². The number of carbonyl (C=O) groups is 2. The van der Waals surface area contributed by atoms with Crippen LogP contribution in [0.3, 0.4) is 0 Å². The second kappa shape index (κ2) is 10.3. The molecular formula is C24H31N3O3. The summed E-state index contributed by atoms with van der Waals surface area (Å²) in [5, 5.41) is 3.01. The molecule has 0 atom stereocenters. The smallest absolute Gasteiger partial charge is 0.253 e. The van der Waals surface area contributed by atoms with Crippen LogP contribution in [0.2, 0.25) is 0 Å². The summed E-state index contributed by atoms with van der Waals surface area (Å²) in [4.78, 5) is 29.1. The molecule has 1 saturated heterocycles. The van der Waals surface area contributed by atoms with Gasteiger partial charge in [0.1, 0.15) is 5.75 Å². The van der Waals surface area contributed by atoms with Crippen LogP contribution in [-0.2, 0) is 11.2 Å². The Labute approximate surface area is 178 Å². The number of nitrogens with one attached hydrogen (secondary N) is 1. The van der Waals surface area contributed by atoms with Gasteiger partial charge in [0.25, 0.3) is 5.91 Å². The predicted octanol–water partition coefficient (Wildman–Crippen LogP) is 3.43. The molecule has 1 aliphatic heterocycles. The Bertz CT molecular complexity index is 856. The normalized spacial score (nSPS) is 14.6. The number of carbonyl (C=O) groups excluding carboxylic acids is 2. The summed E-state index contributed by atoms with van der Waals surface area (Å²) >= 11 is 0. The highest BCUT2D eigenvalue weighted by Gasteiger charge is 2.23. The molecule has 1 N–H and O–H groups in total. The fourth-order valence-electron chi connectivity index (χ4n) is 3.58. The molecule has 0 aliphatic carbocycles. The quantitative estimate of drug-likeness (QED) is 0.761. The zero-order valence-corrected chi connectivity index (χ0v) is 18.1. The Morgan fingerprint density at radius 1 is 1.00 bits per heavy atom. The van der Waals surface area contributed by atoms with Crippen molar-refractivity contribution in [2.45, 2.75) is 33.3 Å². The molecule has 0 unspecified atom stereocenters. The predicted molar refractivity (Wildman–Crippen MR) is 119 cm³/mol. The van der Waals surface area contributed by atoms with Crippen LogP contribution in [0.4, 0.5) is 5.69 Å². The first kappa shape index (κ1) is 21.8. The number of nitrogens with zero attached hydrogens (tertiary/aromatic N) is 2. The van der Waals surface area contributed by atoms with Crippen molar-refractivity contribution in [2.75, 3.05) is 38.0 Å². The summed E-state index contributed by atoms with van der Waals surface area (Å²) in [5.74, 6) is 0.769. The molecule has 6 heteroatoms. The minimum Gasteiger partial charge on any atom is -0.491 e. The van der Waals surface area contributed by atoms with E-state index >= 15 is 0 Å². The Kier molecular flexibility index (Phi) is 7.46. The summed E-state index contributed by atoms with van der Waals surface area (Å²) in [6.07, 6.45) is 0.981. The first-order valence-electron chi connectivity index (χ1n) is 10.6. The number of rotatable bonds is 7. The molecule has 0 radical (unpaired) electrons. The van der Waals surface area contributed by atoms with Crippen molar-refractivity contribution in [3.05, 3.63) is 59.7 Å². The van der Waals surface area contributed by atoms with E-state index in [0.29, 0.717) is 38.3 Å². The van der Waals surface area contributed by atoms with E-state index in [1.54, 1.807) is 0 Å². The van der Waals surface area contributed by atoms with Crippen molar-refractivity contribution in [2.24, 2.45) is 0 Å². The zero-order valence-electron chi connectivity index (χ0n) is 18.1. The van der Waals surface area contributed by atoms with Gasteiger partial charge in [-0.3, -0.25) is 14.5 Å². The number of ether oxygens (including phenoxy) is 1. The molecule has 0 saturated carbocycles. The fourth-order valence-corrected chi connectivity index (χ4v) is 3.58. The van der Waals surface area contributed by atoms with Crippen LogP contribution >= 0.6 is 0 Å². The Hall–Kier alpha value is -2.86. The lowest BCUT2D eigenvalue weighted by Crippen LogP contribution is -2.50. The molecule has 2 aromatic rings. The van der Waals surface area contributed by atoms with E-state index in [-0.39, 0.29) is 17.9 Å². The van der Waals surface area contributed by atoms with Crippen molar-refractivity contribution in [1.29, 1.82) is 0 Å². The number of amides is 2. The van der Waals surface area contributed by atoms with E-state index in [2.05, 4.69) is 17.1 Å². The van der Waals surface area contributed by atoms with Gasteiger partial charge in [-0.05, 0) is 56.2 Å². The number of piperazine rings is 1. The maximum absolute atomic E-state index is 12.8. The topological polar surface area (TPSA) is 61.9 Å². The lowest BCUT2D eigenvalue weighted by atomic mass is 10.1. The Balaban J connectivity index is 1.48. The lowest BCUT2D eigenvalue weighted by Gasteiger charge is -2.34. The molecule has 1 fully saturated rings. The van der Waals surface area contributed by atoms with Gasteiger partial charge in [0.2, 0.25) is 5.91 Å². The minimum absolute atomic E-state index is 0.0172. The van der Waals surface area contributed by atoms with Gasteiger partial charge in [-0.2, -0.15) is 0 Å². The third kappa shape index (κ3) is 5.83. The first-order chi connectivity index (χ1) is 14.5. The van der Waals surface area contributed by atoms with Crippen LogP contribution < -0.4 is 10.1 Å². The molecule has 2 aromatic carbocycles. The highest BCUT2D eigenvalue weighted by Crippen LogP contribution is 2.17. The van der Waals surface area contributed by atoms with Crippen LogP contribution in [0, 0.1) is 0 Å². The summed E-state index contributed by atoms with van der Waals surface area (Å²) < 4.78 is 5.63. The van der Waals surface area contributed by atoms with Gasteiger partial charge >= 0.3 is 0 Å². The van der Waals surface area contributed by atoms with Crippen LogP contribution in [0.5, 0.6) is 5.75 Å². The van der Waals surface area contributed by atoms with Gasteiger partial charge in [0, 0.05) is 37.4 Å². The SMILES string of the molecule is CCc1ccccc1NC(=O)CN1CCN(C(=O)c2ccc(OC(C)C)cc2)CC1. The molecule has 30 heavy (non-hydrogen) atoms. The third-order valence-electron chi connectivity index (χ3n) is 5.17. The summed E-state index contributed by atoms with van der Waals surface area (Å²) in [5.41, 5.74) is 2.67. The second-order valence-corrected chi connectivity index (χ2v) is 7.82. The average Bonchev–Trinajstić information content (AvgIpc) is 2.74. The molecular weight excluding hydrogens is 378 g/mol. The van der Waals surface area contributed by atoms with E-state index in [0.717, 1.165) is 23.4 Å². The maximum Gasteiger partial charge on any atom is 0.253 e. The molecule has 160 valence electrons. The van der Waals surface area contributed by atoms with Gasteiger partial charge in [0.05, 0.1) is 12.6 Å². The van der Waals surface area contributed by atoms with Gasteiger partial charge in [-0.25, -0.2) is 0 Å². The largest absolute Gasteiger partial charge is 0.491 e. The molecule has 0 bridgehead atoms. The van der Waals surface area contributed by atoms with Crippen LogP contribution in [-0.4, -0.2) is 60.4 Å². The number of hydrogen-bond acceptors (Lipinski definition) is 4. The van der Waals surface area contributed by atoms with Crippen molar-refractivity contribution in [1.82, 2.24) is 9.80 Å². The number of benzene rings is 2. The third-order valence-corrected chi connectivity index (χ3v) is 5.17. The van der Waals surface area contributed by atoms with Gasteiger partial charge in [-0.15, -0.1) is 0 Å². The van der Waals surface area contributed by atoms with E-state index < -0.39 is 0 Å². The van der Waals surface area contributed by atoms with Crippen LogP contribution in [0.25, 0.3) is 0 Å². The summed E-state index contributed by atoms with van der Waals surface area (Å²) in [6.45, 7) is 8.95. The number of aryl methyl sites for hydroxylation is 1. The van der Waals surface area contributed by atoms with Crippen LogP contribution in [0.15, 0.2) is 48.5 Å². The van der Waals surface area contributed by atoms with Crippen molar-refractivity contribution in [3.8, 4) is 5.75 Å². The summed E-state index contributed by atoms with van der Waals surface area (Å²) in [6, 6.07) is 15.2. The summed E-state index contributed by atoms with van der Waals surface area (Å²) in [7, 11) is 0. The standard InChI is InChI=1S/C24H31N3O3/c1-4-19-7-5-6-8-22(19)25-23(28)17-26-13-15-27(16-14-26)24(29)20-9-11-21(12-10-20)30-18(2)3/h5-12,18H,4,13-17H2,1-3H3,(H,25,28). The number of para-hydroxylation sites is 1. The minimum atomic E-state index is -0.0172. The number of hydrogen-bond donors (Lipinski definition) is 1. The van der Waals surface area contributed by atoms with Gasteiger partial charge < -0.3 is 15.0 Å². The molecule has 3 rings (SSSR count). The molecule has 0 spiro atoms. The molecule has 6 nitrogen and oxygen atoms in total. The molecule has 1 aliphatic rings. The highest BCUT2D eigenvalue weighted by molar-refractivity contribution is 5.94. The number of anilines is 1. The monoisotopic (exact) mass is 409 g/mol. The highest BCUT2D eigenvalue weighted by atomic mass is 16.5. The fraction of sp³-hybridized carbons (Fsp3) is 0.417. The molecule has 1 heterocycles. The lowest BCUT2D eigenvalue weighted by molar-refractivity contribution is -0.117. The molecule has 0 aromatic heterocycles. The zero-order chi connectivity index (χ0) is 21.5.